The Kier molecular flexibility index (Phi) is 15.7. The molecule has 4 aromatic rings. The second kappa shape index (κ2) is 20.6. The molecule has 4 heterocycles. The van der Waals surface area contributed by atoms with Crippen LogP contribution in [0, 0.1) is 11.8 Å². The quantitative estimate of drug-likeness (QED) is 0.0704. The van der Waals surface area contributed by atoms with Crippen molar-refractivity contribution in [2.45, 2.75) is 155 Å². The van der Waals surface area contributed by atoms with Gasteiger partial charge in [0.25, 0.3) is 0 Å². The molecule has 2 aromatic heterocycles. The van der Waals surface area contributed by atoms with Gasteiger partial charge < -0.3 is 29.7 Å². The van der Waals surface area contributed by atoms with E-state index in [9.17, 15) is 10.2 Å². The van der Waals surface area contributed by atoms with Crippen molar-refractivity contribution < 1.29 is 29.7 Å². The monoisotopic (exact) mass is 906 g/mol. The summed E-state index contributed by atoms with van der Waals surface area (Å²) in [6.45, 7) is 17.6. The third-order valence-corrected chi connectivity index (χ3v) is 14.4. The lowest BCUT2D eigenvalue weighted by molar-refractivity contribution is 0.0103. The molecule has 0 spiro atoms. The zero-order valence-corrected chi connectivity index (χ0v) is 39.8. The number of aromatic nitrogens is 2. The van der Waals surface area contributed by atoms with Crippen molar-refractivity contribution in [3.8, 4) is 34.1 Å². The van der Waals surface area contributed by atoms with Crippen molar-refractivity contribution in [2.24, 2.45) is 11.8 Å². The van der Waals surface area contributed by atoms with Gasteiger partial charge in [0.2, 0.25) is 0 Å². The predicted molar refractivity (Wildman–Crippen MR) is 256 cm³/mol. The summed E-state index contributed by atoms with van der Waals surface area (Å²) in [6, 6.07) is 11.5. The van der Waals surface area contributed by atoms with Crippen LogP contribution in [0.5, 0.6) is 23.0 Å². The second-order valence-corrected chi connectivity index (χ2v) is 19.7. The van der Waals surface area contributed by atoms with E-state index in [1.165, 1.54) is 54.8 Å². The number of benzene rings is 2. The van der Waals surface area contributed by atoms with Crippen molar-refractivity contribution in [3.05, 3.63) is 111 Å². The number of phenols is 2. The van der Waals surface area contributed by atoms with E-state index in [2.05, 4.69) is 106 Å². The number of hydrogen-bond acceptors (Lipinski definition) is 8. The van der Waals surface area contributed by atoms with Crippen LogP contribution in [0.25, 0.3) is 11.1 Å². The average Bonchev–Trinajstić information content (AvgIpc) is 3.23. The van der Waals surface area contributed by atoms with Crippen LogP contribution in [0.2, 0.25) is 0 Å². The Morgan fingerprint density at radius 3 is 1.60 bits per heavy atom. The molecule has 0 radical (unpaired) electrons. The van der Waals surface area contributed by atoms with Gasteiger partial charge in [-0.05, 0) is 167 Å². The minimum Gasteiger partial charge on any atom is -0.507 e. The van der Waals surface area contributed by atoms with Gasteiger partial charge in [-0.1, -0.05) is 62.8 Å². The number of hydrogen-bond donors (Lipinski definition) is 4. The number of aromatic hydroxyl groups is 2. The highest BCUT2D eigenvalue weighted by Gasteiger charge is 2.47. The van der Waals surface area contributed by atoms with Crippen LogP contribution in [0.15, 0.2) is 89.0 Å². The molecule has 62 heavy (non-hydrogen) atoms. The first-order chi connectivity index (χ1) is 29.6. The maximum absolute atomic E-state index is 11.6. The van der Waals surface area contributed by atoms with E-state index in [0.717, 1.165) is 95.2 Å². The summed E-state index contributed by atoms with van der Waals surface area (Å²) in [7, 11) is -1.38. The molecule has 4 aliphatic rings. The van der Waals surface area contributed by atoms with Gasteiger partial charge in [0.05, 0.1) is 4.47 Å². The maximum atomic E-state index is 11.6. The van der Waals surface area contributed by atoms with E-state index in [0.29, 0.717) is 28.8 Å². The summed E-state index contributed by atoms with van der Waals surface area (Å²) in [5.74, 6) is 3.76. The lowest BCUT2D eigenvalue weighted by atomic mass is 9.67. The average molecular weight is 908 g/mol. The zero-order chi connectivity index (χ0) is 44.8. The number of aryl methyl sites for hydroxylation is 2. The summed E-state index contributed by atoms with van der Waals surface area (Å²) >= 11 is 3.65. The summed E-state index contributed by atoms with van der Waals surface area (Å²) in [4.78, 5) is 7.88. The molecule has 332 valence electrons. The molecule has 4 atom stereocenters. The van der Waals surface area contributed by atoms with E-state index in [1.807, 2.05) is 12.1 Å². The minimum absolute atomic E-state index is 0.199. The topological polar surface area (TPSA) is 125 Å². The van der Waals surface area contributed by atoms with Crippen molar-refractivity contribution in [1.82, 2.24) is 9.97 Å². The van der Waals surface area contributed by atoms with Crippen LogP contribution in [0.4, 0.5) is 0 Å². The smallest absolute Gasteiger partial charge is 0.488 e. The largest absolute Gasteiger partial charge is 0.507 e. The van der Waals surface area contributed by atoms with Gasteiger partial charge >= 0.3 is 7.12 Å². The standard InChI is InChI=1S/C26H33NO2.C21H29BrO2.C5H6BNO2/c1-5-6-7-8-19-16-22-24(25(28)23(19)18-11-13-27-14-12-18)20-15-17(2)9-10-21(20)26(3,4)29-22;1-5-6-7-8-14-12-17-18(20(23)19(14)22)15-11-13(2)9-10-16(15)21(3,4)24-17;8-6(9)5-1-3-7-4-2-5/h11-16,20-21,28H,5-10H2,1-4H3;11-12,15-16,23H,5-10H2,1-4H3;1-4,8-9H/t20-,21-;15-,16-;/m11./s1. The molecule has 2 aliphatic heterocycles. The third-order valence-electron chi connectivity index (χ3n) is 13.5. The summed E-state index contributed by atoms with van der Waals surface area (Å²) in [5.41, 5.74) is 9.13. The maximum Gasteiger partial charge on any atom is 0.488 e. The number of unbranched alkanes of at least 4 members (excludes halogenated alkanes) is 4. The van der Waals surface area contributed by atoms with Crippen LogP contribution >= 0.6 is 15.9 Å². The number of fused-ring (bicyclic) bond motifs is 6. The fraction of sp³-hybridized carbons (Fsp3) is 0.500. The molecule has 0 saturated heterocycles. The Hall–Kier alpha value is -4.12. The molecule has 0 fully saturated rings. The Bertz CT molecular complexity index is 2210. The Labute approximate surface area is 379 Å². The fourth-order valence-corrected chi connectivity index (χ4v) is 10.6. The highest BCUT2D eigenvalue weighted by Crippen LogP contribution is 2.57. The molecule has 0 bridgehead atoms. The normalized spacial score (nSPS) is 21.3. The third kappa shape index (κ3) is 10.6. The van der Waals surface area contributed by atoms with Crippen molar-refractivity contribution in [3.63, 3.8) is 0 Å². The van der Waals surface area contributed by atoms with Crippen LogP contribution in [-0.2, 0) is 12.8 Å². The molecule has 8 nitrogen and oxygen atoms in total. The molecular weight excluding hydrogens is 839 g/mol. The van der Waals surface area contributed by atoms with Crippen molar-refractivity contribution in [2.75, 3.05) is 0 Å². The molecule has 0 unspecified atom stereocenters. The number of nitrogens with zero attached hydrogens (tertiary/aromatic N) is 2. The highest BCUT2D eigenvalue weighted by atomic mass is 79.9. The van der Waals surface area contributed by atoms with Gasteiger partial charge in [-0.25, -0.2) is 0 Å². The summed E-state index contributed by atoms with van der Waals surface area (Å²) in [6.07, 6.45) is 24.7. The number of allylic oxidation sites excluding steroid dienone is 4. The molecule has 0 amide bonds. The molecular formula is C52H68BBrN2O6. The van der Waals surface area contributed by atoms with Crippen LogP contribution < -0.4 is 14.9 Å². The van der Waals surface area contributed by atoms with Gasteiger partial charge in [0.1, 0.15) is 34.2 Å². The minimum atomic E-state index is -1.38. The second-order valence-electron chi connectivity index (χ2n) is 18.9. The Morgan fingerprint density at radius 1 is 0.677 bits per heavy atom. The molecule has 10 heteroatoms. The van der Waals surface area contributed by atoms with Crippen LogP contribution in [0.3, 0.4) is 0 Å². The SMILES string of the molecule is CCCCCc1cc2c(c(O)c1-c1ccncc1)[C@@H]1C=C(C)CC[C@H]1C(C)(C)O2.CCCCCc1cc2c(c(O)c1Br)[C@@H]1C=C(C)CC[C@H]1C(C)(C)O2.OB(O)c1ccncc1. The number of halogens is 1. The molecule has 8 rings (SSSR count). The number of pyridine rings is 2. The molecule has 0 saturated carbocycles. The van der Waals surface area contributed by atoms with Gasteiger partial charge in [-0.3, -0.25) is 9.97 Å². The van der Waals surface area contributed by atoms with Crippen LogP contribution in [-0.4, -0.2) is 48.5 Å². The zero-order valence-electron chi connectivity index (χ0n) is 38.2. The van der Waals surface area contributed by atoms with E-state index >= 15 is 0 Å². The van der Waals surface area contributed by atoms with E-state index in [-0.39, 0.29) is 23.0 Å². The van der Waals surface area contributed by atoms with E-state index in [1.54, 1.807) is 24.5 Å². The summed E-state index contributed by atoms with van der Waals surface area (Å²) in [5, 5.41) is 39.6. The fourth-order valence-electron chi connectivity index (χ4n) is 10.1. The van der Waals surface area contributed by atoms with Gasteiger partial charge in [0, 0.05) is 65.1 Å². The number of rotatable bonds is 10. The Balaban J connectivity index is 0.000000175. The molecule has 2 aliphatic carbocycles. The van der Waals surface area contributed by atoms with Gasteiger partial charge in [-0.2, -0.15) is 0 Å². The van der Waals surface area contributed by atoms with Gasteiger partial charge in [-0.15, -0.1) is 0 Å². The molecule has 4 N–H and O–H groups in total. The first-order valence-electron chi connectivity index (χ1n) is 22.9. The van der Waals surface area contributed by atoms with Crippen molar-refractivity contribution in [1.29, 1.82) is 0 Å². The first kappa shape index (κ1) is 47.4. The van der Waals surface area contributed by atoms with E-state index in [4.69, 9.17) is 19.5 Å². The first-order valence-corrected chi connectivity index (χ1v) is 23.7. The van der Waals surface area contributed by atoms with Crippen LogP contribution in [0.1, 0.15) is 154 Å². The number of ether oxygens (including phenoxy) is 2. The lowest BCUT2D eigenvalue weighted by Crippen LogP contribution is -2.45. The van der Waals surface area contributed by atoms with Crippen molar-refractivity contribution >= 4 is 28.5 Å². The summed E-state index contributed by atoms with van der Waals surface area (Å²) < 4.78 is 13.8. The van der Waals surface area contributed by atoms with Gasteiger partial charge in [0.15, 0.2) is 0 Å². The van der Waals surface area contributed by atoms with E-state index < -0.39 is 7.12 Å². The molecule has 2 aromatic carbocycles. The Morgan fingerprint density at radius 2 is 1.13 bits per heavy atom. The number of phenolic OH excluding ortho intramolecular Hbond substituents is 2. The predicted octanol–water partition coefficient (Wildman–Crippen LogP) is 12.1. The highest BCUT2D eigenvalue weighted by molar-refractivity contribution is 9.10. The lowest BCUT2D eigenvalue weighted by Gasteiger charge is -2.46.